The number of hydrazine groups is 1. The third-order valence-electron chi connectivity index (χ3n) is 3.66. The highest BCUT2D eigenvalue weighted by Gasteiger charge is 2.08. The van der Waals surface area contributed by atoms with Crippen molar-refractivity contribution in [2.24, 2.45) is 0 Å². The van der Waals surface area contributed by atoms with E-state index < -0.39 is 11.8 Å². The molecule has 0 spiro atoms. The molecule has 142 valence electrons. The van der Waals surface area contributed by atoms with Gasteiger partial charge in [-0.25, -0.2) is 0 Å². The summed E-state index contributed by atoms with van der Waals surface area (Å²) in [6.45, 7) is 1.76. The Balaban J connectivity index is 1.43. The van der Waals surface area contributed by atoms with Crippen LogP contribution in [0.3, 0.4) is 0 Å². The first-order valence-corrected chi connectivity index (χ1v) is 8.58. The summed E-state index contributed by atoms with van der Waals surface area (Å²) in [5.74, 6) is 0.892. The van der Waals surface area contributed by atoms with E-state index in [-0.39, 0.29) is 12.3 Å². The van der Waals surface area contributed by atoms with Crippen LogP contribution in [0.5, 0.6) is 17.2 Å². The number of nitrogens with zero attached hydrogens (tertiary/aromatic N) is 1. The van der Waals surface area contributed by atoms with Crippen LogP contribution in [0.25, 0.3) is 0 Å². The van der Waals surface area contributed by atoms with Crippen molar-refractivity contribution < 1.29 is 19.1 Å². The Labute approximate surface area is 162 Å². The Hall–Kier alpha value is -3.87. The number of hydrogen-bond acceptors (Lipinski definition) is 5. The number of carbonyl (C=O) groups excluding carboxylic acids is 2. The van der Waals surface area contributed by atoms with Crippen LogP contribution < -0.4 is 20.3 Å². The van der Waals surface area contributed by atoms with Crippen LogP contribution in [0.2, 0.25) is 0 Å². The minimum Gasteiger partial charge on any atom is -0.484 e. The van der Waals surface area contributed by atoms with Gasteiger partial charge in [0.1, 0.15) is 22.9 Å². The number of benzene rings is 2. The number of ether oxygens (including phenoxy) is 2. The normalized spacial score (nSPS) is 10.0. The van der Waals surface area contributed by atoms with Gasteiger partial charge in [0.05, 0.1) is 0 Å². The molecule has 0 unspecified atom stereocenters. The van der Waals surface area contributed by atoms with Gasteiger partial charge < -0.3 is 9.47 Å². The van der Waals surface area contributed by atoms with Gasteiger partial charge in [0, 0.05) is 6.20 Å². The molecule has 0 saturated heterocycles. The van der Waals surface area contributed by atoms with Gasteiger partial charge in [-0.3, -0.25) is 25.4 Å². The first-order chi connectivity index (χ1) is 13.6. The zero-order valence-electron chi connectivity index (χ0n) is 15.2. The monoisotopic (exact) mass is 377 g/mol. The maximum atomic E-state index is 11.8. The lowest BCUT2D eigenvalue weighted by Crippen LogP contribution is -2.44. The molecule has 0 radical (unpaired) electrons. The molecule has 1 heterocycles. The Morgan fingerprint density at radius 2 is 1.50 bits per heavy atom. The van der Waals surface area contributed by atoms with Crippen molar-refractivity contribution in [3.63, 3.8) is 0 Å². The number of amides is 2. The average molecular weight is 377 g/mol. The summed E-state index contributed by atoms with van der Waals surface area (Å²) in [6.07, 6.45) is 1.49. The summed E-state index contributed by atoms with van der Waals surface area (Å²) < 4.78 is 11.1. The summed E-state index contributed by atoms with van der Waals surface area (Å²) in [7, 11) is 0. The molecule has 3 rings (SSSR count). The van der Waals surface area contributed by atoms with Gasteiger partial charge >= 0.3 is 0 Å². The van der Waals surface area contributed by atoms with Crippen molar-refractivity contribution in [1.82, 2.24) is 15.8 Å². The summed E-state index contributed by atoms with van der Waals surface area (Å²) in [6, 6.07) is 19.5. The van der Waals surface area contributed by atoms with Crippen LogP contribution in [0.1, 0.15) is 16.1 Å². The third kappa shape index (κ3) is 5.57. The summed E-state index contributed by atoms with van der Waals surface area (Å²) in [5.41, 5.74) is 5.91. The molecule has 0 aliphatic carbocycles. The van der Waals surface area contributed by atoms with Crippen LogP contribution in [0.15, 0.2) is 72.9 Å². The quantitative estimate of drug-likeness (QED) is 0.645. The van der Waals surface area contributed by atoms with E-state index in [2.05, 4.69) is 15.8 Å². The maximum absolute atomic E-state index is 11.8. The Morgan fingerprint density at radius 1 is 0.857 bits per heavy atom. The van der Waals surface area contributed by atoms with E-state index in [9.17, 15) is 9.59 Å². The molecule has 7 heteroatoms. The summed E-state index contributed by atoms with van der Waals surface area (Å²) >= 11 is 0. The molecule has 0 saturated carbocycles. The predicted molar refractivity (Wildman–Crippen MR) is 103 cm³/mol. The number of pyridine rings is 1. The molecule has 2 amide bonds. The van der Waals surface area contributed by atoms with Gasteiger partial charge in [-0.1, -0.05) is 23.8 Å². The molecule has 1 aromatic heterocycles. The predicted octanol–water partition coefficient (Wildman–Crippen LogP) is 3.02. The van der Waals surface area contributed by atoms with Crippen molar-refractivity contribution in [2.45, 2.75) is 6.92 Å². The van der Waals surface area contributed by atoms with Crippen LogP contribution in [0.4, 0.5) is 0 Å². The molecular weight excluding hydrogens is 358 g/mol. The van der Waals surface area contributed by atoms with Crippen LogP contribution in [-0.4, -0.2) is 23.4 Å². The fraction of sp³-hybridized carbons (Fsp3) is 0.0952. The molecule has 2 N–H and O–H groups in total. The number of aryl methyl sites for hydroxylation is 1. The van der Waals surface area contributed by atoms with Gasteiger partial charge in [-0.05, 0) is 55.5 Å². The number of aromatic nitrogens is 1. The van der Waals surface area contributed by atoms with Crippen molar-refractivity contribution in [3.05, 3.63) is 84.2 Å². The van der Waals surface area contributed by atoms with Crippen LogP contribution >= 0.6 is 0 Å². The highest BCUT2D eigenvalue weighted by Crippen LogP contribution is 2.24. The molecular formula is C21H19N3O4. The highest BCUT2D eigenvalue weighted by molar-refractivity contribution is 5.93. The van der Waals surface area contributed by atoms with E-state index in [0.29, 0.717) is 11.5 Å². The zero-order valence-corrected chi connectivity index (χ0v) is 15.2. The lowest BCUT2D eigenvalue weighted by atomic mass is 10.2. The second-order valence-corrected chi connectivity index (χ2v) is 5.89. The molecule has 0 fully saturated rings. The van der Waals surface area contributed by atoms with E-state index in [0.717, 1.165) is 11.3 Å². The van der Waals surface area contributed by atoms with Crippen LogP contribution in [0, 0.1) is 6.92 Å². The molecule has 0 aliphatic rings. The molecule has 28 heavy (non-hydrogen) atoms. The first kappa shape index (κ1) is 18.9. The second kappa shape index (κ2) is 9.18. The molecule has 3 aromatic rings. The lowest BCUT2D eigenvalue weighted by molar-refractivity contribution is -0.123. The molecule has 0 aliphatic heterocycles. The minimum absolute atomic E-state index is 0.202. The highest BCUT2D eigenvalue weighted by atomic mass is 16.5. The van der Waals surface area contributed by atoms with Gasteiger partial charge in [0.15, 0.2) is 6.61 Å². The van der Waals surface area contributed by atoms with Gasteiger partial charge in [-0.15, -0.1) is 0 Å². The fourth-order valence-electron chi connectivity index (χ4n) is 2.22. The minimum atomic E-state index is -0.508. The Morgan fingerprint density at radius 3 is 2.14 bits per heavy atom. The van der Waals surface area contributed by atoms with Gasteiger partial charge in [0.2, 0.25) is 0 Å². The van der Waals surface area contributed by atoms with E-state index in [1.54, 1.807) is 36.4 Å². The van der Waals surface area contributed by atoms with Crippen LogP contribution in [-0.2, 0) is 4.79 Å². The third-order valence-corrected chi connectivity index (χ3v) is 3.66. The lowest BCUT2D eigenvalue weighted by Gasteiger charge is -2.10. The molecule has 7 nitrogen and oxygen atoms in total. The average Bonchev–Trinajstić information content (AvgIpc) is 2.74. The summed E-state index contributed by atoms with van der Waals surface area (Å²) in [5, 5.41) is 0. The maximum Gasteiger partial charge on any atom is 0.288 e. The standard InChI is InChI=1S/C21H19N3O4/c1-15-5-7-17(8-6-15)28-18-11-9-16(10-12-18)27-14-20(25)23-24-21(26)19-4-2-3-13-22-19/h2-13H,14H2,1H3,(H,23,25)(H,24,26). The first-order valence-electron chi connectivity index (χ1n) is 8.58. The van der Waals surface area contributed by atoms with E-state index in [1.165, 1.54) is 12.3 Å². The Bertz CT molecular complexity index is 926. The number of carbonyl (C=O) groups is 2. The van der Waals surface area contributed by atoms with Crippen molar-refractivity contribution >= 4 is 11.8 Å². The van der Waals surface area contributed by atoms with Crippen molar-refractivity contribution in [1.29, 1.82) is 0 Å². The SMILES string of the molecule is Cc1ccc(Oc2ccc(OCC(=O)NNC(=O)c3ccccn3)cc2)cc1. The molecule has 2 aromatic carbocycles. The van der Waals surface area contributed by atoms with Crippen molar-refractivity contribution in [2.75, 3.05) is 6.61 Å². The summed E-state index contributed by atoms with van der Waals surface area (Å²) in [4.78, 5) is 27.5. The number of rotatable bonds is 6. The Kier molecular flexibility index (Phi) is 6.20. The zero-order chi connectivity index (χ0) is 19.8. The smallest absolute Gasteiger partial charge is 0.288 e. The molecule has 0 atom stereocenters. The van der Waals surface area contributed by atoms with E-state index in [1.807, 2.05) is 31.2 Å². The largest absolute Gasteiger partial charge is 0.484 e. The second-order valence-electron chi connectivity index (χ2n) is 5.89. The van der Waals surface area contributed by atoms with Crippen molar-refractivity contribution in [3.8, 4) is 17.2 Å². The van der Waals surface area contributed by atoms with Gasteiger partial charge in [0.25, 0.3) is 11.8 Å². The van der Waals surface area contributed by atoms with E-state index >= 15 is 0 Å². The van der Waals surface area contributed by atoms with Gasteiger partial charge in [-0.2, -0.15) is 0 Å². The topological polar surface area (TPSA) is 89.5 Å². The van der Waals surface area contributed by atoms with E-state index in [4.69, 9.17) is 9.47 Å². The fourth-order valence-corrected chi connectivity index (χ4v) is 2.22. The molecule has 0 bridgehead atoms. The number of nitrogens with one attached hydrogen (secondary N) is 2. The number of hydrogen-bond donors (Lipinski definition) is 2.